The number of nitrogens with two attached hydrogens (primary N) is 1. The zero-order valence-electron chi connectivity index (χ0n) is 7.95. The second-order valence-electron chi connectivity index (χ2n) is 4.66. The van der Waals surface area contributed by atoms with Gasteiger partial charge < -0.3 is 5.73 Å². The van der Waals surface area contributed by atoms with Crippen molar-refractivity contribution in [2.75, 3.05) is 0 Å². The number of halogens is 1. The number of rotatable bonds is 2. The molecule has 0 aliphatic heterocycles. The van der Waals surface area contributed by atoms with Gasteiger partial charge >= 0.3 is 0 Å². The molecular weight excluding hydrogens is 214 g/mol. The third-order valence-corrected chi connectivity index (χ3v) is 4.99. The van der Waals surface area contributed by atoms with E-state index in [9.17, 15) is 0 Å². The first kappa shape index (κ1) is 9.20. The maximum absolute atomic E-state index is 6.25. The number of hydrogen-bond acceptors (Lipinski definition) is 2. The average molecular weight is 228 g/mol. The highest BCUT2D eigenvalue weighted by Gasteiger charge is 2.47. The molecule has 0 amide bonds. The summed E-state index contributed by atoms with van der Waals surface area (Å²) in [5.41, 5.74) is 7.42. The molecule has 76 valence electrons. The SMILES string of the molecule is NC(c1ccsc1Cl)C1CC2CC2C1. The van der Waals surface area contributed by atoms with Crippen molar-refractivity contribution >= 4 is 22.9 Å². The first-order valence-corrected chi connectivity index (χ1v) is 6.50. The van der Waals surface area contributed by atoms with Crippen molar-refractivity contribution in [2.45, 2.75) is 25.3 Å². The van der Waals surface area contributed by atoms with Crippen molar-refractivity contribution in [3.63, 3.8) is 0 Å². The smallest absolute Gasteiger partial charge is 0.0976 e. The van der Waals surface area contributed by atoms with Crippen molar-refractivity contribution in [3.8, 4) is 0 Å². The van der Waals surface area contributed by atoms with Gasteiger partial charge in [-0.3, -0.25) is 0 Å². The highest BCUT2D eigenvalue weighted by Crippen LogP contribution is 2.57. The molecule has 2 saturated carbocycles. The Morgan fingerprint density at radius 3 is 2.64 bits per heavy atom. The summed E-state index contributed by atoms with van der Waals surface area (Å²) in [6, 6.07) is 2.27. The van der Waals surface area contributed by atoms with Gasteiger partial charge in [-0.25, -0.2) is 0 Å². The Hall–Kier alpha value is -0.0500. The van der Waals surface area contributed by atoms with E-state index in [1.54, 1.807) is 11.3 Å². The molecule has 1 aromatic heterocycles. The predicted molar refractivity (Wildman–Crippen MR) is 60.6 cm³/mol. The van der Waals surface area contributed by atoms with Crippen molar-refractivity contribution < 1.29 is 0 Å². The zero-order valence-corrected chi connectivity index (χ0v) is 9.52. The molecule has 3 heteroatoms. The van der Waals surface area contributed by atoms with E-state index in [0.717, 1.165) is 16.2 Å². The summed E-state index contributed by atoms with van der Waals surface area (Å²) in [4.78, 5) is 0. The fourth-order valence-electron chi connectivity index (χ4n) is 2.85. The van der Waals surface area contributed by atoms with Crippen LogP contribution in [-0.4, -0.2) is 0 Å². The molecule has 3 atom stereocenters. The molecule has 2 N–H and O–H groups in total. The lowest BCUT2D eigenvalue weighted by molar-refractivity contribution is 0.405. The highest BCUT2D eigenvalue weighted by molar-refractivity contribution is 7.14. The molecule has 0 spiro atoms. The maximum atomic E-state index is 6.25. The third kappa shape index (κ3) is 1.40. The monoisotopic (exact) mass is 227 g/mol. The summed E-state index contributed by atoms with van der Waals surface area (Å²) in [6.07, 6.45) is 4.12. The van der Waals surface area contributed by atoms with Crippen LogP contribution in [0.5, 0.6) is 0 Å². The predicted octanol–water partition coefficient (Wildman–Crippen LogP) is 3.45. The molecular formula is C11H14ClNS. The van der Waals surface area contributed by atoms with E-state index in [4.69, 9.17) is 17.3 Å². The molecule has 2 fully saturated rings. The van der Waals surface area contributed by atoms with Gasteiger partial charge in [-0.05, 0) is 54.0 Å². The fourth-order valence-corrected chi connectivity index (χ4v) is 3.87. The molecule has 0 aromatic carbocycles. The van der Waals surface area contributed by atoms with E-state index in [0.29, 0.717) is 5.92 Å². The molecule has 0 radical (unpaired) electrons. The van der Waals surface area contributed by atoms with Crippen molar-refractivity contribution in [3.05, 3.63) is 21.3 Å². The van der Waals surface area contributed by atoms with Gasteiger partial charge in [0, 0.05) is 6.04 Å². The van der Waals surface area contributed by atoms with Crippen molar-refractivity contribution in [1.29, 1.82) is 0 Å². The first-order valence-electron chi connectivity index (χ1n) is 5.24. The number of thiophene rings is 1. The Kier molecular flexibility index (Phi) is 2.12. The van der Waals surface area contributed by atoms with Crippen LogP contribution < -0.4 is 5.73 Å². The van der Waals surface area contributed by atoms with Gasteiger partial charge in [-0.2, -0.15) is 0 Å². The van der Waals surface area contributed by atoms with Crippen LogP contribution in [0.1, 0.15) is 30.9 Å². The summed E-state index contributed by atoms with van der Waals surface area (Å²) in [6.45, 7) is 0. The quantitative estimate of drug-likeness (QED) is 0.823. The molecule has 1 nitrogen and oxygen atoms in total. The van der Waals surface area contributed by atoms with E-state index in [1.165, 1.54) is 24.8 Å². The molecule has 1 heterocycles. The van der Waals surface area contributed by atoms with Gasteiger partial charge in [0.2, 0.25) is 0 Å². The standard InChI is InChI=1S/C11H14ClNS/c12-11-9(1-2-14-11)10(13)8-4-6-3-7(6)5-8/h1-2,6-8,10H,3-5,13H2. The molecule has 3 unspecified atom stereocenters. The molecule has 1 aromatic rings. The van der Waals surface area contributed by atoms with Gasteiger partial charge in [0.05, 0.1) is 4.34 Å². The van der Waals surface area contributed by atoms with Gasteiger partial charge in [-0.1, -0.05) is 11.6 Å². The van der Waals surface area contributed by atoms with Crippen LogP contribution in [0.3, 0.4) is 0 Å². The Bertz CT molecular complexity index is 339. The minimum atomic E-state index is 0.182. The minimum Gasteiger partial charge on any atom is -0.324 e. The summed E-state index contributed by atoms with van der Waals surface area (Å²) in [5, 5.41) is 2.03. The third-order valence-electron chi connectivity index (χ3n) is 3.79. The maximum Gasteiger partial charge on any atom is 0.0976 e. The second kappa shape index (κ2) is 3.22. The van der Waals surface area contributed by atoms with E-state index in [1.807, 2.05) is 5.38 Å². The fraction of sp³-hybridized carbons (Fsp3) is 0.636. The molecule has 14 heavy (non-hydrogen) atoms. The normalized spacial score (nSPS) is 36.9. The molecule has 2 aliphatic rings. The first-order chi connectivity index (χ1) is 6.75. The van der Waals surface area contributed by atoms with Crippen LogP contribution in [0.4, 0.5) is 0 Å². The van der Waals surface area contributed by atoms with Crippen molar-refractivity contribution in [1.82, 2.24) is 0 Å². The van der Waals surface area contributed by atoms with E-state index in [-0.39, 0.29) is 6.04 Å². The number of fused-ring (bicyclic) bond motifs is 1. The van der Waals surface area contributed by atoms with E-state index in [2.05, 4.69) is 6.07 Å². The lowest BCUT2D eigenvalue weighted by Crippen LogP contribution is -2.20. The second-order valence-corrected chi connectivity index (χ2v) is 6.18. The van der Waals surface area contributed by atoms with Gasteiger partial charge in [0.15, 0.2) is 0 Å². The molecule has 0 bridgehead atoms. The lowest BCUT2D eigenvalue weighted by Gasteiger charge is -2.20. The van der Waals surface area contributed by atoms with Gasteiger partial charge in [-0.15, -0.1) is 11.3 Å². The van der Waals surface area contributed by atoms with Crippen molar-refractivity contribution in [2.24, 2.45) is 23.5 Å². The van der Waals surface area contributed by atoms with Crippen LogP contribution in [0, 0.1) is 17.8 Å². The minimum absolute atomic E-state index is 0.182. The van der Waals surface area contributed by atoms with E-state index < -0.39 is 0 Å². The topological polar surface area (TPSA) is 26.0 Å². The average Bonchev–Trinajstić information content (AvgIpc) is 2.64. The summed E-state index contributed by atoms with van der Waals surface area (Å²) >= 11 is 7.69. The number of hydrogen-bond donors (Lipinski definition) is 1. The largest absolute Gasteiger partial charge is 0.324 e. The van der Waals surface area contributed by atoms with E-state index >= 15 is 0 Å². The van der Waals surface area contributed by atoms with Crippen LogP contribution >= 0.6 is 22.9 Å². The molecule has 3 rings (SSSR count). The molecule has 0 saturated heterocycles. The lowest BCUT2D eigenvalue weighted by atomic mass is 9.91. The Balaban J connectivity index is 1.76. The molecule has 2 aliphatic carbocycles. The van der Waals surface area contributed by atoms with Crippen LogP contribution in [0.25, 0.3) is 0 Å². The Labute approximate surface area is 93.3 Å². The summed E-state index contributed by atoms with van der Waals surface area (Å²) < 4.78 is 0.887. The van der Waals surface area contributed by atoms with Crippen LogP contribution in [0.2, 0.25) is 4.34 Å². The van der Waals surface area contributed by atoms with Crippen LogP contribution in [0.15, 0.2) is 11.4 Å². The Morgan fingerprint density at radius 1 is 1.36 bits per heavy atom. The van der Waals surface area contributed by atoms with Gasteiger partial charge in [0.25, 0.3) is 0 Å². The highest BCUT2D eigenvalue weighted by atomic mass is 35.5. The summed E-state index contributed by atoms with van der Waals surface area (Å²) in [7, 11) is 0. The zero-order chi connectivity index (χ0) is 9.71. The summed E-state index contributed by atoms with van der Waals surface area (Å²) in [5.74, 6) is 2.69. The van der Waals surface area contributed by atoms with Gasteiger partial charge in [0.1, 0.15) is 0 Å². The Morgan fingerprint density at radius 2 is 2.07 bits per heavy atom. The van der Waals surface area contributed by atoms with Crippen LogP contribution in [-0.2, 0) is 0 Å².